The maximum Gasteiger partial charge on any atom is 0.255 e. The molecule has 29 heavy (non-hydrogen) atoms. The summed E-state index contributed by atoms with van der Waals surface area (Å²) in [6, 6.07) is 14.3. The molecule has 0 aliphatic heterocycles. The summed E-state index contributed by atoms with van der Waals surface area (Å²) in [6.45, 7) is 4.43. The van der Waals surface area contributed by atoms with Crippen LogP contribution < -0.4 is 15.8 Å². The van der Waals surface area contributed by atoms with Gasteiger partial charge in [-0.3, -0.25) is 4.79 Å². The maximum atomic E-state index is 12.8. The highest BCUT2D eigenvalue weighted by atomic mass is 35.5. The quantitative estimate of drug-likeness (QED) is 0.607. The number of methoxy groups -OCH3 is 1. The SMILES string of the molecule is COc1ccccc1C(=O)NC(c1nc(-c2ccc(CN)cc2)no1)C(C)C.Cl. The molecule has 0 radical (unpaired) electrons. The largest absolute Gasteiger partial charge is 0.496 e. The Morgan fingerprint density at radius 3 is 2.48 bits per heavy atom. The van der Waals surface area contributed by atoms with E-state index in [1.807, 2.05) is 44.2 Å². The standard InChI is InChI=1S/C21H24N4O3.ClH/c1-13(2)18(23-20(26)16-6-4-5-7-17(16)27-3)21-24-19(25-28-21)15-10-8-14(12-22)9-11-15;/h4-11,13,18H,12,22H2,1-3H3,(H,23,26);1H. The van der Waals surface area contributed by atoms with E-state index in [1.54, 1.807) is 18.2 Å². The molecule has 0 saturated carbocycles. The molecular formula is C21H25ClN4O3. The molecular weight excluding hydrogens is 392 g/mol. The number of nitrogens with two attached hydrogens (primary N) is 1. The third-order valence-corrected chi connectivity index (χ3v) is 4.46. The summed E-state index contributed by atoms with van der Waals surface area (Å²) in [6.07, 6.45) is 0. The summed E-state index contributed by atoms with van der Waals surface area (Å²) >= 11 is 0. The van der Waals surface area contributed by atoms with Crippen molar-refractivity contribution in [2.75, 3.05) is 7.11 Å². The number of rotatable bonds is 7. The Morgan fingerprint density at radius 1 is 1.17 bits per heavy atom. The molecule has 0 saturated heterocycles. The predicted molar refractivity (Wildman–Crippen MR) is 113 cm³/mol. The predicted octanol–water partition coefficient (Wildman–Crippen LogP) is 3.75. The van der Waals surface area contributed by atoms with E-state index in [1.165, 1.54) is 7.11 Å². The van der Waals surface area contributed by atoms with Gasteiger partial charge >= 0.3 is 0 Å². The van der Waals surface area contributed by atoms with E-state index in [0.29, 0.717) is 29.6 Å². The minimum absolute atomic E-state index is 0. The molecule has 0 aliphatic rings. The molecule has 154 valence electrons. The minimum Gasteiger partial charge on any atom is -0.496 e. The summed E-state index contributed by atoms with van der Waals surface area (Å²) in [4.78, 5) is 17.3. The van der Waals surface area contributed by atoms with Crippen molar-refractivity contribution in [2.45, 2.75) is 26.4 Å². The third-order valence-electron chi connectivity index (χ3n) is 4.46. The number of ether oxygens (including phenoxy) is 1. The van der Waals surface area contributed by atoms with Crippen molar-refractivity contribution in [1.29, 1.82) is 0 Å². The highest BCUT2D eigenvalue weighted by molar-refractivity contribution is 5.97. The summed E-state index contributed by atoms with van der Waals surface area (Å²) in [5.74, 6) is 1.12. The number of para-hydroxylation sites is 1. The van der Waals surface area contributed by atoms with Crippen molar-refractivity contribution in [3.8, 4) is 17.1 Å². The first-order chi connectivity index (χ1) is 13.5. The van der Waals surface area contributed by atoms with Gasteiger partial charge in [0.15, 0.2) is 0 Å². The second kappa shape index (κ2) is 10.0. The molecule has 1 heterocycles. The molecule has 1 atom stereocenters. The van der Waals surface area contributed by atoms with E-state index in [4.69, 9.17) is 15.0 Å². The first kappa shape index (κ1) is 22.4. The Balaban J connectivity index is 0.00000300. The fourth-order valence-corrected chi connectivity index (χ4v) is 2.83. The second-order valence-electron chi connectivity index (χ2n) is 6.75. The first-order valence-electron chi connectivity index (χ1n) is 9.10. The Bertz CT molecular complexity index is 941. The molecule has 1 unspecified atom stereocenters. The monoisotopic (exact) mass is 416 g/mol. The highest BCUT2D eigenvalue weighted by Crippen LogP contribution is 2.25. The van der Waals surface area contributed by atoms with E-state index < -0.39 is 6.04 Å². The number of nitrogens with one attached hydrogen (secondary N) is 1. The van der Waals surface area contributed by atoms with Crippen LogP contribution in [0.25, 0.3) is 11.4 Å². The van der Waals surface area contributed by atoms with E-state index in [2.05, 4.69) is 15.5 Å². The van der Waals surface area contributed by atoms with Gasteiger partial charge in [0.05, 0.1) is 12.7 Å². The Kier molecular flexibility index (Phi) is 7.75. The maximum absolute atomic E-state index is 12.8. The molecule has 1 aromatic heterocycles. The normalized spacial score (nSPS) is 11.6. The third kappa shape index (κ3) is 5.13. The van der Waals surface area contributed by atoms with Crippen LogP contribution in [0.2, 0.25) is 0 Å². The molecule has 2 aromatic carbocycles. The fourth-order valence-electron chi connectivity index (χ4n) is 2.83. The highest BCUT2D eigenvalue weighted by Gasteiger charge is 2.26. The number of aromatic nitrogens is 2. The number of hydrogen-bond acceptors (Lipinski definition) is 6. The van der Waals surface area contributed by atoms with E-state index in [0.717, 1.165) is 11.1 Å². The topological polar surface area (TPSA) is 103 Å². The lowest BCUT2D eigenvalue weighted by Gasteiger charge is -2.19. The van der Waals surface area contributed by atoms with Crippen LogP contribution in [0.15, 0.2) is 53.1 Å². The van der Waals surface area contributed by atoms with Crippen LogP contribution in [0.1, 0.15) is 41.7 Å². The molecule has 0 fully saturated rings. The van der Waals surface area contributed by atoms with Crippen LogP contribution >= 0.6 is 12.4 Å². The summed E-state index contributed by atoms with van der Waals surface area (Å²) in [7, 11) is 1.53. The van der Waals surface area contributed by atoms with Gasteiger partial charge in [-0.25, -0.2) is 0 Å². The molecule has 3 rings (SSSR count). The summed E-state index contributed by atoms with van der Waals surface area (Å²) in [5.41, 5.74) is 7.93. The fraction of sp³-hybridized carbons (Fsp3) is 0.286. The van der Waals surface area contributed by atoms with Gasteiger partial charge in [-0.1, -0.05) is 55.4 Å². The van der Waals surface area contributed by atoms with E-state index in [9.17, 15) is 4.79 Å². The van der Waals surface area contributed by atoms with Crippen LogP contribution in [-0.2, 0) is 6.54 Å². The molecule has 3 aromatic rings. The van der Waals surface area contributed by atoms with Gasteiger partial charge in [0, 0.05) is 12.1 Å². The van der Waals surface area contributed by atoms with Gasteiger partial charge in [-0.2, -0.15) is 4.98 Å². The number of hydrogen-bond donors (Lipinski definition) is 2. The van der Waals surface area contributed by atoms with Crippen molar-refractivity contribution in [3.63, 3.8) is 0 Å². The van der Waals surface area contributed by atoms with E-state index in [-0.39, 0.29) is 24.2 Å². The van der Waals surface area contributed by atoms with Gasteiger partial charge in [0.25, 0.3) is 5.91 Å². The molecule has 7 nitrogen and oxygen atoms in total. The number of amides is 1. The summed E-state index contributed by atoms with van der Waals surface area (Å²) < 4.78 is 10.7. The Morgan fingerprint density at radius 2 is 1.86 bits per heavy atom. The average Bonchev–Trinajstić information content (AvgIpc) is 3.21. The lowest BCUT2D eigenvalue weighted by atomic mass is 10.0. The van der Waals surface area contributed by atoms with Crippen LogP contribution in [0.4, 0.5) is 0 Å². The van der Waals surface area contributed by atoms with Crippen molar-refractivity contribution < 1.29 is 14.1 Å². The Labute approximate surface area is 176 Å². The van der Waals surface area contributed by atoms with Gasteiger partial charge in [0.2, 0.25) is 11.7 Å². The number of halogens is 1. The molecule has 8 heteroatoms. The minimum atomic E-state index is -0.429. The average molecular weight is 417 g/mol. The number of nitrogens with zero attached hydrogens (tertiary/aromatic N) is 2. The molecule has 0 aliphatic carbocycles. The number of carbonyl (C=O) groups excluding carboxylic acids is 1. The van der Waals surface area contributed by atoms with Crippen LogP contribution in [-0.4, -0.2) is 23.2 Å². The van der Waals surface area contributed by atoms with Gasteiger partial charge < -0.3 is 20.3 Å². The van der Waals surface area contributed by atoms with Crippen molar-refractivity contribution >= 4 is 18.3 Å². The molecule has 0 spiro atoms. The summed E-state index contributed by atoms with van der Waals surface area (Å²) in [5, 5.41) is 7.04. The second-order valence-corrected chi connectivity index (χ2v) is 6.75. The zero-order chi connectivity index (χ0) is 20.1. The molecule has 3 N–H and O–H groups in total. The molecule has 0 bridgehead atoms. The van der Waals surface area contributed by atoms with Crippen LogP contribution in [0, 0.1) is 5.92 Å². The Hall–Kier alpha value is -2.90. The number of benzene rings is 2. The van der Waals surface area contributed by atoms with E-state index >= 15 is 0 Å². The number of carbonyl (C=O) groups is 1. The zero-order valence-corrected chi connectivity index (χ0v) is 17.4. The lowest BCUT2D eigenvalue weighted by molar-refractivity contribution is 0.0911. The van der Waals surface area contributed by atoms with Gasteiger partial charge in [-0.15, -0.1) is 12.4 Å². The van der Waals surface area contributed by atoms with Crippen LogP contribution in [0.5, 0.6) is 5.75 Å². The van der Waals surface area contributed by atoms with Crippen molar-refractivity contribution in [2.24, 2.45) is 11.7 Å². The smallest absolute Gasteiger partial charge is 0.255 e. The van der Waals surface area contributed by atoms with Crippen molar-refractivity contribution in [1.82, 2.24) is 15.5 Å². The first-order valence-corrected chi connectivity index (χ1v) is 9.10. The molecule has 1 amide bonds. The van der Waals surface area contributed by atoms with Gasteiger partial charge in [0.1, 0.15) is 11.8 Å². The zero-order valence-electron chi connectivity index (χ0n) is 16.6. The van der Waals surface area contributed by atoms with Gasteiger partial charge in [-0.05, 0) is 23.6 Å². The van der Waals surface area contributed by atoms with Crippen molar-refractivity contribution in [3.05, 3.63) is 65.5 Å². The lowest BCUT2D eigenvalue weighted by Crippen LogP contribution is -2.32. The van der Waals surface area contributed by atoms with Crippen LogP contribution in [0.3, 0.4) is 0 Å².